The van der Waals surface area contributed by atoms with Gasteiger partial charge in [0.25, 0.3) is 5.56 Å². The molecule has 0 fully saturated rings. The molecule has 160 valence electrons. The van der Waals surface area contributed by atoms with Crippen molar-refractivity contribution in [3.63, 3.8) is 0 Å². The number of Topliss-reactive ketones (excluding diaryl/α,β-unsaturated/α-hetero) is 1. The van der Waals surface area contributed by atoms with Gasteiger partial charge in [0, 0.05) is 30.9 Å². The third-order valence-electron chi connectivity index (χ3n) is 5.14. The predicted molar refractivity (Wildman–Crippen MR) is 115 cm³/mol. The molecule has 0 saturated heterocycles. The molecule has 8 heteroatoms. The van der Waals surface area contributed by atoms with E-state index in [2.05, 4.69) is 4.98 Å². The molecule has 2 aromatic rings. The van der Waals surface area contributed by atoms with Crippen LogP contribution in [0, 0.1) is 0 Å². The van der Waals surface area contributed by atoms with Crippen LogP contribution in [0.5, 0.6) is 5.75 Å². The summed E-state index contributed by atoms with van der Waals surface area (Å²) in [5, 5.41) is 0. The lowest BCUT2D eigenvalue weighted by atomic mass is 9.85. The SMILES string of the molecule is COCCC(C(C)=O)n1cc(OC)c(C2=C(c3cocn3)C=CC(C)(Cl)C2)cc1=O. The third-order valence-corrected chi connectivity index (χ3v) is 5.40. The van der Waals surface area contributed by atoms with Crippen molar-refractivity contribution in [3.05, 3.63) is 58.7 Å². The predicted octanol–water partition coefficient (Wildman–Crippen LogP) is 3.88. The van der Waals surface area contributed by atoms with Crippen LogP contribution in [-0.4, -0.2) is 41.0 Å². The van der Waals surface area contributed by atoms with Crippen molar-refractivity contribution in [2.24, 2.45) is 0 Å². The molecular weight excluding hydrogens is 408 g/mol. The van der Waals surface area contributed by atoms with E-state index in [9.17, 15) is 9.59 Å². The van der Waals surface area contributed by atoms with E-state index in [0.29, 0.717) is 36.5 Å². The van der Waals surface area contributed by atoms with Crippen LogP contribution in [-0.2, 0) is 9.53 Å². The summed E-state index contributed by atoms with van der Waals surface area (Å²) in [4.78, 5) is 28.8. The van der Waals surface area contributed by atoms with E-state index in [4.69, 9.17) is 25.5 Å². The van der Waals surface area contributed by atoms with Gasteiger partial charge in [0.2, 0.25) is 0 Å². The Morgan fingerprint density at radius 3 is 2.80 bits per heavy atom. The number of carbonyl (C=O) groups excluding carboxylic acids is 1. The first-order valence-electron chi connectivity index (χ1n) is 9.57. The van der Waals surface area contributed by atoms with Crippen molar-refractivity contribution in [2.75, 3.05) is 20.8 Å². The molecule has 0 saturated carbocycles. The van der Waals surface area contributed by atoms with Crippen LogP contribution in [0.3, 0.4) is 0 Å². The van der Waals surface area contributed by atoms with Crippen LogP contribution in [0.2, 0.25) is 0 Å². The number of ketones is 1. The standard InChI is InChI=1S/C22H25ClN2O5/c1-14(26)19(6-8-28-3)25-11-20(29-4)16(9-21(25)27)17-10-22(2,23)7-5-15(17)18-12-30-13-24-18/h5,7,9,11-13,19H,6,8,10H2,1-4H3. The highest BCUT2D eigenvalue weighted by Crippen LogP contribution is 2.43. The number of aromatic nitrogens is 2. The second-order valence-electron chi connectivity index (χ2n) is 7.46. The van der Waals surface area contributed by atoms with Crippen LogP contribution in [0.4, 0.5) is 0 Å². The highest BCUT2D eigenvalue weighted by Gasteiger charge is 2.30. The van der Waals surface area contributed by atoms with E-state index in [1.807, 2.05) is 19.1 Å². The number of ether oxygens (including phenoxy) is 2. The molecule has 0 aliphatic heterocycles. The molecule has 0 amide bonds. The Morgan fingerprint density at radius 1 is 1.43 bits per heavy atom. The van der Waals surface area contributed by atoms with E-state index in [-0.39, 0.29) is 11.3 Å². The fourth-order valence-corrected chi connectivity index (χ4v) is 3.82. The number of rotatable bonds is 8. The van der Waals surface area contributed by atoms with Gasteiger partial charge in [-0.25, -0.2) is 4.98 Å². The van der Waals surface area contributed by atoms with Crippen LogP contribution in [0.25, 0.3) is 11.1 Å². The average Bonchev–Trinajstić information content (AvgIpc) is 3.22. The number of halogens is 1. The molecule has 2 aromatic heterocycles. The van der Waals surface area contributed by atoms with Gasteiger partial charge in [0.15, 0.2) is 12.2 Å². The van der Waals surface area contributed by atoms with E-state index in [1.54, 1.807) is 19.6 Å². The zero-order valence-electron chi connectivity index (χ0n) is 17.5. The molecule has 2 unspecified atom stereocenters. The summed E-state index contributed by atoms with van der Waals surface area (Å²) in [7, 11) is 3.09. The van der Waals surface area contributed by atoms with Crippen molar-refractivity contribution in [3.8, 4) is 5.75 Å². The lowest BCUT2D eigenvalue weighted by molar-refractivity contribution is -0.120. The van der Waals surface area contributed by atoms with E-state index in [1.165, 1.54) is 31.1 Å². The maximum atomic E-state index is 13.0. The molecule has 7 nitrogen and oxygen atoms in total. The second-order valence-corrected chi connectivity index (χ2v) is 8.33. The number of alkyl halides is 1. The first-order valence-corrected chi connectivity index (χ1v) is 9.95. The third kappa shape index (κ3) is 4.57. The van der Waals surface area contributed by atoms with E-state index < -0.39 is 10.9 Å². The van der Waals surface area contributed by atoms with Crippen molar-refractivity contribution in [2.45, 2.75) is 37.6 Å². The molecule has 0 radical (unpaired) electrons. The molecule has 0 aromatic carbocycles. The van der Waals surface area contributed by atoms with Gasteiger partial charge in [-0.15, -0.1) is 11.6 Å². The van der Waals surface area contributed by atoms with Gasteiger partial charge in [-0.2, -0.15) is 0 Å². The molecule has 1 aliphatic carbocycles. The number of oxazole rings is 1. The maximum absolute atomic E-state index is 13.0. The zero-order valence-corrected chi connectivity index (χ0v) is 18.2. The Bertz CT molecular complexity index is 1030. The summed E-state index contributed by atoms with van der Waals surface area (Å²) in [6.45, 7) is 3.72. The van der Waals surface area contributed by atoms with Gasteiger partial charge in [-0.3, -0.25) is 9.59 Å². The number of hydrogen-bond acceptors (Lipinski definition) is 6. The lowest BCUT2D eigenvalue weighted by Gasteiger charge is -2.27. The molecule has 0 N–H and O–H groups in total. The van der Waals surface area contributed by atoms with Crippen LogP contribution < -0.4 is 10.3 Å². The molecule has 1 aliphatic rings. The van der Waals surface area contributed by atoms with Crippen LogP contribution in [0.1, 0.15) is 44.0 Å². The van der Waals surface area contributed by atoms with Gasteiger partial charge >= 0.3 is 0 Å². The molecular formula is C22H25ClN2O5. The van der Waals surface area contributed by atoms with E-state index >= 15 is 0 Å². The summed E-state index contributed by atoms with van der Waals surface area (Å²) in [5.41, 5.74) is 2.57. The average molecular weight is 433 g/mol. The first kappa shape index (κ1) is 22.1. The van der Waals surface area contributed by atoms with Crippen molar-refractivity contribution >= 4 is 28.5 Å². The van der Waals surface area contributed by atoms with Crippen molar-refractivity contribution < 1.29 is 18.7 Å². The Hall–Kier alpha value is -2.64. The number of hydrogen-bond donors (Lipinski definition) is 0. The van der Waals surface area contributed by atoms with E-state index in [0.717, 1.165) is 11.1 Å². The summed E-state index contributed by atoms with van der Waals surface area (Å²) < 4.78 is 17.2. The monoisotopic (exact) mass is 432 g/mol. The largest absolute Gasteiger partial charge is 0.495 e. The van der Waals surface area contributed by atoms with Gasteiger partial charge in [-0.05, 0) is 32.3 Å². The molecule has 30 heavy (non-hydrogen) atoms. The van der Waals surface area contributed by atoms with Gasteiger partial charge in [-0.1, -0.05) is 12.2 Å². The number of carbonyl (C=O) groups is 1. The first-order chi connectivity index (χ1) is 14.3. The minimum absolute atomic E-state index is 0.125. The Balaban J connectivity index is 2.17. The number of nitrogens with zero attached hydrogens (tertiary/aromatic N) is 2. The molecule has 0 spiro atoms. The molecule has 3 rings (SSSR count). The Kier molecular flexibility index (Phi) is 6.63. The maximum Gasteiger partial charge on any atom is 0.252 e. The zero-order chi connectivity index (χ0) is 21.9. The quantitative estimate of drug-likeness (QED) is 0.588. The van der Waals surface area contributed by atoms with Crippen molar-refractivity contribution in [1.82, 2.24) is 9.55 Å². The van der Waals surface area contributed by atoms with Crippen molar-refractivity contribution in [1.29, 1.82) is 0 Å². The normalized spacial score (nSPS) is 19.8. The summed E-state index contributed by atoms with van der Waals surface area (Å²) in [6, 6.07) is 0.859. The minimum atomic E-state index is -0.631. The minimum Gasteiger partial charge on any atom is -0.495 e. The highest BCUT2D eigenvalue weighted by atomic mass is 35.5. The van der Waals surface area contributed by atoms with Crippen LogP contribution >= 0.6 is 11.6 Å². The number of allylic oxidation sites excluding steroid dienone is 4. The Labute approximate surface area is 180 Å². The van der Waals surface area contributed by atoms with Crippen LogP contribution in [0.15, 0.2) is 46.3 Å². The van der Waals surface area contributed by atoms with Gasteiger partial charge in [0.1, 0.15) is 17.7 Å². The molecule has 0 bridgehead atoms. The summed E-state index contributed by atoms with van der Waals surface area (Å²) in [5.74, 6) is 0.345. The number of pyridine rings is 1. The number of methoxy groups -OCH3 is 2. The van der Waals surface area contributed by atoms with Gasteiger partial charge < -0.3 is 18.5 Å². The second kappa shape index (κ2) is 9.02. The van der Waals surface area contributed by atoms with Gasteiger partial charge in [0.05, 0.1) is 24.2 Å². The lowest BCUT2D eigenvalue weighted by Crippen LogP contribution is -2.30. The smallest absolute Gasteiger partial charge is 0.252 e. The molecule has 2 atom stereocenters. The molecule has 2 heterocycles. The highest BCUT2D eigenvalue weighted by molar-refractivity contribution is 6.26. The Morgan fingerprint density at radius 2 is 2.20 bits per heavy atom. The fraction of sp³-hybridized carbons (Fsp3) is 0.409. The fourth-order valence-electron chi connectivity index (χ4n) is 3.62. The summed E-state index contributed by atoms with van der Waals surface area (Å²) >= 11 is 6.61. The topological polar surface area (TPSA) is 83.6 Å². The summed E-state index contributed by atoms with van der Waals surface area (Å²) in [6.07, 6.45) is 9.11.